The van der Waals surface area contributed by atoms with Crippen LogP contribution in [0.4, 0.5) is 10.1 Å². The molecule has 5 nitrogen and oxygen atoms in total. The van der Waals surface area contributed by atoms with Gasteiger partial charge in [0.1, 0.15) is 17.3 Å². The molecule has 6 heteroatoms. The van der Waals surface area contributed by atoms with Gasteiger partial charge >= 0.3 is 0 Å². The summed E-state index contributed by atoms with van der Waals surface area (Å²) in [7, 11) is 0. The molecule has 2 aliphatic rings. The smallest absolute Gasteiger partial charge is 0.254 e. The fourth-order valence-electron chi connectivity index (χ4n) is 4.75. The van der Waals surface area contributed by atoms with Crippen LogP contribution in [0.3, 0.4) is 0 Å². The highest BCUT2D eigenvalue weighted by Gasteiger charge is 2.40. The molecule has 0 saturated heterocycles. The van der Waals surface area contributed by atoms with Crippen molar-refractivity contribution in [3.63, 3.8) is 0 Å². The van der Waals surface area contributed by atoms with Crippen molar-refractivity contribution in [1.29, 1.82) is 0 Å². The molecule has 172 valence electrons. The highest BCUT2D eigenvalue weighted by atomic mass is 19.1. The minimum absolute atomic E-state index is 0.0205. The molecule has 0 bridgehead atoms. The normalized spacial score (nSPS) is 18.0. The summed E-state index contributed by atoms with van der Waals surface area (Å²) >= 11 is 0. The minimum atomic E-state index is -0.623. The van der Waals surface area contributed by atoms with Crippen LogP contribution in [0.15, 0.2) is 87.6 Å². The number of Topliss-reactive ketones (excluding diaryl/α,β-unsaturated/α-hetero) is 1. The maximum absolute atomic E-state index is 13.6. The molecule has 1 atom stereocenters. The highest BCUT2D eigenvalue weighted by molar-refractivity contribution is 6.09. The maximum atomic E-state index is 13.6. The largest absolute Gasteiger partial charge is 0.460 e. The average Bonchev–Trinajstić information content (AvgIpc) is 3.30. The van der Waals surface area contributed by atoms with Crippen molar-refractivity contribution in [2.24, 2.45) is 0 Å². The number of aryl methyl sites for hydroxylation is 1. The van der Waals surface area contributed by atoms with E-state index in [1.165, 1.54) is 12.1 Å². The predicted octanol–water partition coefficient (Wildman–Crippen LogP) is 6.00. The van der Waals surface area contributed by atoms with E-state index >= 15 is 0 Å². The van der Waals surface area contributed by atoms with E-state index in [4.69, 9.17) is 4.42 Å². The number of rotatable bonds is 4. The zero-order valence-electron chi connectivity index (χ0n) is 19.1. The lowest BCUT2D eigenvalue weighted by atomic mass is 9.77. The summed E-state index contributed by atoms with van der Waals surface area (Å²) in [5.41, 5.74) is 4.98. The number of dihydropyridines is 1. The quantitative estimate of drug-likeness (QED) is 0.505. The molecule has 0 fully saturated rings. The lowest BCUT2D eigenvalue weighted by Gasteiger charge is -2.33. The van der Waals surface area contributed by atoms with E-state index < -0.39 is 5.92 Å². The molecule has 2 aromatic carbocycles. The topological polar surface area (TPSA) is 71.3 Å². The first-order valence-electron chi connectivity index (χ1n) is 11.4. The monoisotopic (exact) mass is 456 g/mol. The van der Waals surface area contributed by atoms with Crippen molar-refractivity contribution in [2.45, 2.75) is 39.0 Å². The summed E-state index contributed by atoms with van der Waals surface area (Å²) in [5.74, 6) is -0.151. The number of amides is 1. The summed E-state index contributed by atoms with van der Waals surface area (Å²) in [5, 5.41) is 6.33. The summed E-state index contributed by atoms with van der Waals surface area (Å²) in [4.78, 5) is 26.7. The number of furan rings is 1. The lowest BCUT2D eigenvalue weighted by Crippen LogP contribution is -2.35. The zero-order valence-corrected chi connectivity index (χ0v) is 19.1. The fourth-order valence-corrected chi connectivity index (χ4v) is 4.75. The third-order valence-electron chi connectivity index (χ3n) is 6.45. The Kier molecular flexibility index (Phi) is 5.65. The van der Waals surface area contributed by atoms with Gasteiger partial charge in [-0.1, -0.05) is 18.2 Å². The molecular formula is C28H25FN2O3. The van der Waals surface area contributed by atoms with Crippen LogP contribution in [0, 0.1) is 12.7 Å². The van der Waals surface area contributed by atoms with Gasteiger partial charge in [-0.3, -0.25) is 9.59 Å². The number of ketones is 1. The van der Waals surface area contributed by atoms with Crippen LogP contribution in [0.2, 0.25) is 0 Å². The number of anilines is 1. The van der Waals surface area contributed by atoms with Crippen molar-refractivity contribution >= 4 is 17.4 Å². The molecule has 1 aliphatic heterocycles. The number of halogens is 1. The summed E-state index contributed by atoms with van der Waals surface area (Å²) in [6.07, 6.45) is 1.95. The van der Waals surface area contributed by atoms with E-state index in [0.717, 1.165) is 29.7 Å². The van der Waals surface area contributed by atoms with E-state index in [-0.39, 0.29) is 17.5 Å². The second-order valence-corrected chi connectivity index (χ2v) is 8.74. The van der Waals surface area contributed by atoms with Gasteiger partial charge < -0.3 is 15.1 Å². The van der Waals surface area contributed by atoms with E-state index in [0.29, 0.717) is 40.5 Å². The van der Waals surface area contributed by atoms with Crippen LogP contribution in [-0.2, 0) is 9.59 Å². The first kappa shape index (κ1) is 21.9. The van der Waals surface area contributed by atoms with Crippen molar-refractivity contribution in [3.05, 3.63) is 100 Å². The Hall–Kier alpha value is -3.93. The van der Waals surface area contributed by atoms with Gasteiger partial charge in [0.25, 0.3) is 5.91 Å². The predicted molar refractivity (Wildman–Crippen MR) is 128 cm³/mol. The number of benzene rings is 2. The van der Waals surface area contributed by atoms with Crippen LogP contribution in [-0.4, -0.2) is 11.7 Å². The molecular weight excluding hydrogens is 431 g/mol. The molecule has 1 amide bonds. The van der Waals surface area contributed by atoms with Gasteiger partial charge in [-0.15, -0.1) is 0 Å². The number of carbonyl (C=O) groups is 2. The number of allylic oxidation sites excluding steroid dienone is 3. The van der Waals surface area contributed by atoms with Crippen LogP contribution < -0.4 is 10.6 Å². The molecule has 1 aliphatic carbocycles. The SMILES string of the molecule is CC1=C(C(=O)Nc2ccccc2C)C(c2ccc(-c3ccc(F)cc3)o2)C2=C(CCCC2=O)N1. The lowest BCUT2D eigenvalue weighted by molar-refractivity contribution is -0.116. The van der Waals surface area contributed by atoms with E-state index in [1.807, 2.05) is 38.1 Å². The highest BCUT2D eigenvalue weighted by Crippen LogP contribution is 2.43. The molecule has 5 rings (SSSR count). The first-order valence-corrected chi connectivity index (χ1v) is 11.4. The number of para-hydroxylation sites is 1. The number of hydrogen-bond acceptors (Lipinski definition) is 4. The Morgan fingerprint density at radius 3 is 2.56 bits per heavy atom. The van der Waals surface area contributed by atoms with Gasteiger partial charge in [0.15, 0.2) is 5.78 Å². The Morgan fingerprint density at radius 1 is 1.03 bits per heavy atom. The summed E-state index contributed by atoms with van der Waals surface area (Å²) < 4.78 is 19.6. The van der Waals surface area contributed by atoms with Crippen molar-refractivity contribution in [3.8, 4) is 11.3 Å². The van der Waals surface area contributed by atoms with Gasteiger partial charge in [0.05, 0.1) is 11.5 Å². The van der Waals surface area contributed by atoms with Crippen LogP contribution in [0.5, 0.6) is 0 Å². The second-order valence-electron chi connectivity index (χ2n) is 8.74. The average molecular weight is 457 g/mol. The van der Waals surface area contributed by atoms with Crippen molar-refractivity contribution in [1.82, 2.24) is 5.32 Å². The summed E-state index contributed by atoms with van der Waals surface area (Å²) in [6.45, 7) is 3.78. The molecule has 0 saturated carbocycles. The van der Waals surface area contributed by atoms with Crippen LogP contribution in [0.1, 0.15) is 43.4 Å². The van der Waals surface area contributed by atoms with E-state index in [2.05, 4.69) is 10.6 Å². The van der Waals surface area contributed by atoms with Gasteiger partial charge in [-0.25, -0.2) is 4.39 Å². The van der Waals surface area contributed by atoms with Gasteiger partial charge in [-0.2, -0.15) is 0 Å². The maximum Gasteiger partial charge on any atom is 0.254 e. The molecule has 2 N–H and O–H groups in total. The Bertz CT molecular complexity index is 1350. The molecule has 2 heterocycles. The third-order valence-corrected chi connectivity index (χ3v) is 6.45. The number of hydrogen-bond donors (Lipinski definition) is 2. The molecule has 3 aromatic rings. The Morgan fingerprint density at radius 2 is 1.79 bits per heavy atom. The van der Waals surface area contributed by atoms with Crippen LogP contribution >= 0.6 is 0 Å². The molecule has 0 radical (unpaired) electrons. The fraction of sp³-hybridized carbons (Fsp3) is 0.214. The molecule has 34 heavy (non-hydrogen) atoms. The minimum Gasteiger partial charge on any atom is -0.460 e. The van der Waals surface area contributed by atoms with Crippen LogP contribution in [0.25, 0.3) is 11.3 Å². The van der Waals surface area contributed by atoms with Gasteiger partial charge in [-0.05, 0) is 74.7 Å². The standard InChI is InChI=1S/C28H25FN2O3/c1-16-6-3-4-7-20(16)31-28(33)25-17(2)30-21-8-5-9-22(32)26(21)27(25)24-15-14-23(34-24)18-10-12-19(29)13-11-18/h3-4,6-7,10-15,27,30H,5,8-9H2,1-2H3,(H,31,33). The van der Waals surface area contributed by atoms with Crippen molar-refractivity contribution < 1.29 is 18.4 Å². The first-order chi connectivity index (χ1) is 16.4. The number of carbonyl (C=O) groups excluding carboxylic acids is 2. The molecule has 1 unspecified atom stereocenters. The second kappa shape index (κ2) is 8.78. The molecule has 0 spiro atoms. The van der Waals surface area contributed by atoms with Gasteiger partial charge in [0.2, 0.25) is 0 Å². The Balaban J connectivity index is 1.58. The zero-order chi connectivity index (χ0) is 23.8. The van der Waals surface area contributed by atoms with Crippen molar-refractivity contribution in [2.75, 3.05) is 5.32 Å². The Labute approximate surface area is 197 Å². The van der Waals surface area contributed by atoms with E-state index in [9.17, 15) is 14.0 Å². The van der Waals surface area contributed by atoms with E-state index in [1.54, 1.807) is 24.3 Å². The number of nitrogens with one attached hydrogen (secondary N) is 2. The third kappa shape index (κ3) is 3.96. The molecule has 1 aromatic heterocycles. The van der Waals surface area contributed by atoms with Gasteiger partial charge in [0, 0.05) is 34.6 Å². The summed E-state index contributed by atoms with van der Waals surface area (Å²) in [6, 6.07) is 17.2.